The number of carbonyl (C=O) groups is 3. The molecule has 2 atom stereocenters. The van der Waals surface area contributed by atoms with Crippen molar-refractivity contribution in [2.45, 2.75) is 39.3 Å². The molecular formula is C23H31FN4O4. The summed E-state index contributed by atoms with van der Waals surface area (Å²) in [6.07, 6.45) is 0.459. The number of amides is 3. The second-order valence-corrected chi connectivity index (χ2v) is 8.10. The highest BCUT2D eigenvalue weighted by Gasteiger charge is 2.38. The van der Waals surface area contributed by atoms with Crippen LogP contribution in [0.2, 0.25) is 0 Å². The van der Waals surface area contributed by atoms with Crippen LogP contribution in [0.25, 0.3) is 0 Å². The van der Waals surface area contributed by atoms with E-state index >= 15 is 0 Å². The topological polar surface area (TPSA) is 82.2 Å². The molecule has 3 rings (SSSR count). The maximum Gasteiger partial charge on any atom is 0.338 e. The van der Waals surface area contributed by atoms with Crippen molar-refractivity contribution in [3.63, 3.8) is 0 Å². The molecule has 1 N–H and O–H groups in total. The number of hydrogen-bond acceptors (Lipinski definition) is 5. The second kappa shape index (κ2) is 10.1. The smallest absolute Gasteiger partial charge is 0.338 e. The lowest BCUT2D eigenvalue weighted by atomic mass is 9.94. The average Bonchev–Trinajstić information content (AvgIpc) is 2.76. The predicted molar refractivity (Wildman–Crippen MR) is 117 cm³/mol. The van der Waals surface area contributed by atoms with Gasteiger partial charge < -0.3 is 15.0 Å². The minimum absolute atomic E-state index is 0.0181. The number of likely N-dealkylation sites (N-methyl/N-ethyl adjacent to an activating group) is 1. The number of nitrogens with zero attached hydrogens (tertiary/aromatic N) is 3. The molecule has 174 valence electrons. The molecule has 3 amide bonds. The minimum atomic E-state index is -0.816. The average molecular weight is 447 g/mol. The van der Waals surface area contributed by atoms with Crippen LogP contribution in [0.4, 0.5) is 9.18 Å². The van der Waals surface area contributed by atoms with Gasteiger partial charge in [0, 0.05) is 51.4 Å². The molecule has 8 nitrogen and oxygen atoms in total. The summed E-state index contributed by atoms with van der Waals surface area (Å²) in [6.45, 7) is 7.89. The zero-order chi connectivity index (χ0) is 23.4. The Morgan fingerprint density at radius 2 is 2.00 bits per heavy atom. The quantitative estimate of drug-likeness (QED) is 0.678. The van der Waals surface area contributed by atoms with Crippen LogP contribution in [-0.4, -0.2) is 78.5 Å². The van der Waals surface area contributed by atoms with Crippen molar-refractivity contribution in [3.05, 3.63) is 46.9 Å². The van der Waals surface area contributed by atoms with E-state index in [0.717, 1.165) is 0 Å². The number of benzene rings is 1. The number of ether oxygens (including phenoxy) is 1. The lowest BCUT2D eigenvalue weighted by Crippen LogP contribution is -2.56. The van der Waals surface area contributed by atoms with Crippen molar-refractivity contribution in [3.8, 4) is 0 Å². The molecule has 0 saturated carbocycles. The number of urea groups is 1. The number of hydrogen-bond donors (Lipinski definition) is 1. The van der Waals surface area contributed by atoms with Crippen LogP contribution >= 0.6 is 0 Å². The van der Waals surface area contributed by atoms with Gasteiger partial charge in [-0.2, -0.15) is 0 Å². The molecule has 2 heterocycles. The van der Waals surface area contributed by atoms with Crippen molar-refractivity contribution >= 4 is 17.9 Å². The predicted octanol–water partition coefficient (Wildman–Crippen LogP) is 2.28. The van der Waals surface area contributed by atoms with E-state index in [1.165, 1.54) is 17.0 Å². The summed E-state index contributed by atoms with van der Waals surface area (Å²) < 4.78 is 19.2. The van der Waals surface area contributed by atoms with Gasteiger partial charge in [-0.1, -0.05) is 19.1 Å². The molecule has 9 heteroatoms. The molecule has 2 aliphatic rings. The van der Waals surface area contributed by atoms with E-state index in [4.69, 9.17) is 4.74 Å². The Hall–Kier alpha value is -2.94. The van der Waals surface area contributed by atoms with Crippen molar-refractivity contribution in [1.29, 1.82) is 0 Å². The summed E-state index contributed by atoms with van der Waals surface area (Å²) >= 11 is 0. The van der Waals surface area contributed by atoms with Gasteiger partial charge in [0.25, 0.3) is 0 Å². The zero-order valence-electron chi connectivity index (χ0n) is 19.1. The van der Waals surface area contributed by atoms with Gasteiger partial charge in [-0.05, 0) is 31.5 Å². The van der Waals surface area contributed by atoms with Gasteiger partial charge in [0.2, 0.25) is 5.91 Å². The first kappa shape index (κ1) is 23.7. The molecule has 0 bridgehead atoms. The molecular weight excluding hydrogens is 415 g/mol. The summed E-state index contributed by atoms with van der Waals surface area (Å²) in [4.78, 5) is 43.3. The standard InChI is InChI=1S/C23H31FN4O4/c1-5-19(29)28-11-10-27(13-15(28)3)14-18-20(22(30)32-6-2)21(25-23(31)26(18)4)16-8-7-9-17(24)12-16/h7-9,12,15,21H,5-6,10-11,13-14H2,1-4H3,(H,25,31)/t15-,21+/m1/s1. The molecule has 1 fully saturated rings. The summed E-state index contributed by atoms with van der Waals surface area (Å²) in [5, 5.41) is 2.79. The Morgan fingerprint density at radius 1 is 1.25 bits per heavy atom. The maximum atomic E-state index is 13.9. The van der Waals surface area contributed by atoms with Crippen LogP contribution in [0.15, 0.2) is 35.5 Å². The summed E-state index contributed by atoms with van der Waals surface area (Å²) in [6, 6.07) is 4.66. The van der Waals surface area contributed by atoms with Crippen LogP contribution < -0.4 is 5.32 Å². The van der Waals surface area contributed by atoms with Gasteiger partial charge in [-0.15, -0.1) is 0 Å². The highest BCUT2D eigenvalue weighted by Crippen LogP contribution is 2.32. The maximum absolute atomic E-state index is 13.9. The van der Waals surface area contributed by atoms with Crippen LogP contribution in [0.3, 0.4) is 0 Å². The number of nitrogens with one attached hydrogen (secondary N) is 1. The Kier molecular flexibility index (Phi) is 7.50. The Balaban J connectivity index is 1.96. The van der Waals surface area contributed by atoms with Gasteiger partial charge in [-0.25, -0.2) is 14.0 Å². The molecule has 0 radical (unpaired) electrons. The second-order valence-electron chi connectivity index (χ2n) is 8.10. The lowest BCUT2D eigenvalue weighted by Gasteiger charge is -2.42. The van der Waals surface area contributed by atoms with Gasteiger partial charge in [-0.3, -0.25) is 14.6 Å². The third-order valence-electron chi connectivity index (χ3n) is 5.96. The van der Waals surface area contributed by atoms with E-state index in [2.05, 4.69) is 10.2 Å². The monoisotopic (exact) mass is 446 g/mol. The number of rotatable bonds is 6. The lowest BCUT2D eigenvalue weighted by molar-refractivity contribution is -0.139. The van der Waals surface area contributed by atoms with E-state index in [1.54, 1.807) is 26.1 Å². The number of piperazine rings is 1. The molecule has 2 aliphatic heterocycles. The molecule has 32 heavy (non-hydrogen) atoms. The first-order valence-corrected chi connectivity index (χ1v) is 11.0. The molecule has 1 saturated heterocycles. The SMILES string of the molecule is CCOC(=O)C1=C(CN2CCN(C(=O)CC)[C@H](C)C2)N(C)C(=O)N[C@H]1c1cccc(F)c1. The highest BCUT2D eigenvalue weighted by atomic mass is 19.1. The first-order valence-electron chi connectivity index (χ1n) is 11.0. The first-order chi connectivity index (χ1) is 15.3. The third-order valence-corrected chi connectivity index (χ3v) is 5.96. The Morgan fingerprint density at radius 3 is 2.62 bits per heavy atom. The summed E-state index contributed by atoms with van der Waals surface area (Å²) in [5.74, 6) is -0.883. The van der Waals surface area contributed by atoms with Gasteiger partial charge >= 0.3 is 12.0 Å². The van der Waals surface area contributed by atoms with Crippen LogP contribution in [0.1, 0.15) is 38.8 Å². The molecule has 1 aromatic carbocycles. The minimum Gasteiger partial charge on any atom is -0.463 e. The van der Waals surface area contributed by atoms with Crippen molar-refractivity contribution in [1.82, 2.24) is 20.0 Å². The Bertz CT molecular complexity index is 919. The molecule has 0 aromatic heterocycles. The molecule has 1 aromatic rings. The van der Waals surface area contributed by atoms with E-state index in [0.29, 0.717) is 49.4 Å². The fraction of sp³-hybridized carbons (Fsp3) is 0.522. The molecule has 0 aliphatic carbocycles. The summed E-state index contributed by atoms with van der Waals surface area (Å²) in [5.41, 5.74) is 1.28. The van der Waals surface area contributed by atoms with Crippen LogP contribution in [0, 0.1) is 5.82 Å². The van der Waals surface area contributed by atoms with Crippen molar-refractivity contribution < 1.29 is 23.5 Å². The largest absolute Gasteiger partial charge is 0.463 e. The van der Waals surface area contributed by atoms with Gasteiger partial charge in [0.15, 0.2) is 0 Å². The van der Waals surface area contributed by atoms with E-state index < -0.39 is 17.8 Å². The van der Waals surface area contributed by atoms with Crippen molar-refractivity contribution in [2.24, 2.45) is 0 Å². The zero-order valence-corrected chi connectivity index (χ0v) is 19.1. The summed E-state index contributed by atoms with van der Waals surface area (Å²) in [7, 11) is 1.60. The number of esters is 1. The Labute approximate surface area is 188 Å². The third kappa shape index (κ3) is 4.93. The van der Waals surface area contributed by atoms with Crippen LogP contribution in [0.5, 0.6) is 0 Å². The fourth-order valence-electron chi connectivity index (χ4n) is 4.30. The van der Waals surface area contributed by atoms with E-state index in [9.17, 15) is 18.8 Å². The normalized spacial score (nSPS) is 22.1. The molecule has 0 unspecified atom stereocenters. The fourth-order valence-corrected chi connectivity index (χ4v) is 4.30. The van der Waals surface area contributed by atoms with Crippen LogP contribution in [-0.2, 0) is 14.3 Å². The van der Waals surface area contributed by atoms with Gasteiger partial charge in [0.05, 0.1) is 18.2 Å². The highest BCUT2D eigenvalue weighted by molar-refractivity contribution is 5.95. The number of carbonyl (C=O) groups excluding carboxylic acids is 3. The van der Waals surface area contributed by atoms with E-state index in [-0.39, 0.29) is 24.6 Å². The van der Waals surface area contributed by atoms with Crippen molar-refractivity contribution in [2.75, 3.05) is 39.8 Å². The van der Waals surface area contributed by atoms with E-state index in [1.807, 2.05) is 18.7 Å². The number of halogens is 1. The molecule has 0 spiro atoms. The van der Waals surface area contributed by atoms with Gasteiger partial charge in [0.1, 0.15) is 5.82 Å².